The third-order valence-corrected chi connectivity index (χ3v) is 7.65. The predicted octanol–water partition coefficient (Wildman–Crippen LogP) is 4.94. The lowest BCUT2D eigenvalue weighted by molar-refractivity contribution is -0.117. The van der Waals surface area contributed by atoms with Crippen molar-refractivity contribution in [2.45, 2.75) is 23.4 Å². The van der Waals surface area contributed by atoms with Gasteiger partial charge in [-0.15, -0.1) is 0 Å². The fraction of sp³-hybridized carbons (Fsp3) is 0.207. The number of aryl methyl sites for hydroxylation is 1. The largest absolute Gasteiger partial charge is 0.325 e. The van der Waals surface area contributed by atoms with Crippen LogP contribution in [-0.4, -0.2) is 60.8 Å². The molecule has 1 fully saturated rings. The first-order valence-electron chi connectivity index (χ1n) is 13.1. The normalized spacial score (nSPS) is 15.3. The summed E-state index contributed by atoms with van der Waals surface area (Å²) in [5, 5.41) is 13.9. The molecule has 1 atom stereocenters. The second-order valence-electron chi connectivity index (χ2n) is 9.90. The Morgan fingerprint density at radius 3 is 2.73 bits per heavy atom. The van der Waals surface area contributed by atoms with Crippen LogP contribution in [0.25, 0.3) is 5.65 Å². The highest BCUT2D eigenvalue weighted by Gasteiger charge is 2.30. The van der Waals surface area contributed by atoms with Gasteiger partial charge in [0.2, 0.25) is 11.9 Å². The van der Waals surface area contributed by atoms with Gasteiger partial charge in [0.05, 0.1) is 6.54 Å². The zero-order valence-electron chi connectivity index (χ0n) is 22.2. The van der Waals surface area contributed by atoms with Gasteiger partial charge in [0.15, 0.2) is 16.8 Å². The molecule has 208 valence electrons. The van der Waals surface area contributed by atoms with Crippen LogP contribution in [0, 0.1) is 18.7 Å². The Labute approximate surface area is 239 Å². The minimum absolute atomic E-state index is 0.0836. The Hall–Kier alpha value is -4.55. The molecule has 1 saturated heterocycles. The van der Waals surface area contributed by atoms with E-state index in [1.165, 1.54) is 30.0 Å². The van der Waals surface area contributed by atoms with E-state index in [1.807, 2.05) is 64.9 Å². The maximum Gasteiger partial charge on any atom is 0.238 e. The van der Waals surface area contributed by atoms with E-state index in [-0.39, 0.29) is 24.2 Å². The number of hydrogen-bond donors (Lipinski definition) is 3. The summed E-state index contributed by atoms with van der Waals surface area (Å²) >= 11 is 1.41. The number of aromatic nitrogens is 5. The molecule has 0 bridgehead atoms. The van der Waals surface area contributed by atoms with E-state index >= 15 is 0 Å². The number of carbonyl (C=O) groups excluding carboxylic acids is 2. The minimum Gasteiger partial charge on any atom is -0.325 e. The number of benzene rings is 2. The molecular formula is C29H27FN8O2S. The average molecular weight is 571 g/mol. The van der Waals surface area contributed by atoms with Crippen LogP contribution in [0.3, 0.4) is 0 Å². The number of Topliss-reactive ketones (excluding diaryl/α,β-unsaturated/α-hetero) is 1. The molecule has 0 aliphatic carbocycles. The monoisotopic (exact) mass is 570 g/mol. The van der Waals surface area contributed by atoms with Crippen molar-refractivity contribution in [3.63, 3.8) is 0 Å². The molecule has 3 aromatic heterocycles. The summed E-state index contributed by atoms with van der Waals surface area (Å²) < 4.78 is 15.4. The van der Waals surface area contributed by atoms with Crippen LogP contribution in [0.4, 0.5) is 21.8 Å². The fourth-order valence-corrected chi connectivity index (χ4v) is 5.58. The minimum atomic E-state index is -0.425. The smallest absolute Gasteiger partial charge is 0.238 e. The number of hydrogen-bond acceptors (Lipinski definition) is 8. The molecule has 10 nitrogen and oxygen atoms in total. The van der Waals surface area contributed by atoms with Crippen LogP contribution in [0.15, 0.2) is 83.0 Å². The van der Waals surface area contributed by atoms with Crippen molar-refractivity contribution in [2.24, 2.45) is 5.92 Å². The second-order valence-corrected chi connectivity index (χ2v) is 10.9. The quantitative estimate of drug-likeness (QED) is 0.213. The van der Waals surface area contributed by atoms with Crippen LogP contribution in [0.2, 0.25) is 0 Å². The lowest BCUT2D eigenvalue weighted by atomic mass is 9.97. The van der Waals surface area contributed by atoms with E-state index in [9.17, 15) is 14.0 Å². The fourth-order valence-electron chi connectivity index (χ4n) is 4.82. The summed E-state index contributed by atoms with van der Waals surface area (Å²) in [6.07, 6.45) is 2.53. The molecule has 41 heavy (non-hydrogen) atoms. The number of carbonyl (C=O) groups is 2. The maximum absolute atomic E-state index is 13.5. The Balaban J connectivity index is 1.04. The van der Waals surface area contributed by atoms with E-state index in [0.717, 1.165) is 16.2 Å². The highest BCUT2D eigenvalue weighted by molar-refractivity contribution is 7.99. The number of aromatic amines is 1. The molecule has 1 unspecified atom stereocenters. The van der Waals surface area contributed by atoms with Crippen LogP contribution in [0.5, 0.6) is 0 Å². The Morgan fingerprint density at radius 2 is 1.95 bits per heavy atom. The zero-order valence-corrected chi connectivity index (χ0v) is 23.0. The van der Waals surface area contributed by atoms with Crippen molar-refractivity contribution in [3.8, 4) is 0 Å². The number of anilines is 3. The van der Waals surface area contributed by atoms with Gasteiger partial charge >= 0.3 is 0 Å². The van der Waals surface area contributed by atoms with Gasteiger partial charge in [-0.05, 0) is 80.2 Å². The molecule has 6 rings (SSSR count). The Kier molecular flexibility index (Phi) is 7.49. The number of rotatable bonds is 9. The van der Waals surface area contributed by atoms with Gasteiger partial charge in [0.25, 0.3) is 0 Å². The molecule has 4 heterocycles. The SMILES string of the molecule is Cc1cc(Nc2nc(Sc3ccc(NC(=O)CN4CCC(C(=O)c5cccc(F)c5)C4)cc3)nc3cccn23)n[nH]1. The number of fused-ring (bicyclic) bond motifs is 1. The molecule has 5 aromatic rings. The Morgan fingerprint density at radius 1 is 1.10 bits per heavy atom. The molecule has 0 spiro atoms. The second kappa shape index (κ2) is 11.5. The topological polar surface area (TPSA) is 120 Å². The number of amides is 1. The molecule has 2 aromatic carbocycles. The summed E-state index contributed by atoms with van der Waals surface area (Å²) in [5.74, 6) is 0.351. The standard InChI is InChI=1S/C29H27FN8O2S/c1-18-14-24(36-35-18)32-28-34-29(33-25-6-3-12-38(25)28)41-23-9-7-22(8-10-23)31-26(39)17-37-13-11-20(16-37)27(40)19-4-2-5-21(30)15-19/h2-10,12,14-15,20H,11,13,16-17H2,1H3,(H,31,39)(H2,32,33,34,35,36). The molecule has 1 aliphatic rings. The third kappa shape index (κ3) is 6.28. The lowest BCUT2D eigenvalue weighted by Gasteiger charge is -2.15. The first-order valence-corrected chi connectivity index (χ1v) is 14.0. The van der Waals surface area contributed by atoms with Gasteiger partial charge in [-0.25, -0.2) is 9.37 Å². The molecular weight excluding hydrogens is 543 g/mol. The van der Waals surface area contributed by atoms with Crippen molar-refractivity contribution in [1.29, 1.82) is 0 Å². The number of halogens is 1. The molecule has 3 N–H and O–H groups in total. The summed E-state index contributed by atoms with van der Waals surface area (Å²) in [5.41, 5.74) is 2.74. The predicted molar refractivity (Wildman–Crippen MR) is 154 cm³/mol. The average Bonchev–Trinajstić information content (AvgIpc) is 3.71. The van der Waals surface area contributed by atoms with Gasteiger partial charge in [-0.1, -0.05) is 12.1 Å². The van der Waals surface area contributed by atoms with Crippen molar-refractivity contribution in [3.05, 3.63) is 90.0 Å². The summed E-state index contributed by atoms with van der Waals surface area (Å²) in [6.45, 7) is 3.22. The molecule has 0 saturated carbocycles. The number of H-pyrrole nitrogens is 1. The summed E-state index contributed by atoms with van der Waals surface area (Å²) in [6, 6.07) is 18.9. The van der Waals surface area contributed by atoms with Gasteiger partial charge in [0.1, 0.15) is 11.5 Å². The molecule has 12 heteroatoms. The van der Waals surface area contributed by atoms with Gasteiger partial charge in [-0.2, -0.15) is 10.1 Å². The molecule has 0 radical (unpaired) electrons. The summed E-state index contributed by atoms with van der Waals surface area (Å²) in [4.78, 5) is 37.6. The summed E-state index contributed by atoms with van der Waals surface area (Å²) in [7, 11) is 0. The van der Waals surface area contributed by atoms with Crippen LogP contribution >= 0.6 is 11.8 Å². The van der Waals surface area contributed by atoms with Crippen molar-refractivity contribution in [1.82, 2.24) is 29.5 Å². The third-order valence-electron chi connectivity index (χ3n) is 6.78. The maximum atomic E-state index is 13.5. The number of ketones is 1. The van der Waals surface area contributed by atoms with Crippen LogP contribution < -0.4 is 10.6 Å². The lowest BCUT2D eigenvalue weighted by Crippen LogP contribution is -2.32. The van der Waals surface area contributed by atoms with Gasteiger partial charge in [0, 0.05) is 46.6 Å². The van der Waals surface area contributed by atoms with Gasteiger partial charge in [-0.3, -0.25) is 24.0 Å². The zero-order chi connectivity index (χ0) is 28.3. The first kappa shape index (κ1) is 26.7. The molecule has 1 amide bonds. The Bertz CT molecular complexity index is 1720. The van der Waals surface area contributed by atoms with Crippen molar-refractivity contribution < 1.29 is 14.0 Å². The number of nitrogens with zero attached hydrogens (tertiary/aromatic N) is 5. The number of nitrogens with one attached hydrogen (secondary N) is 3. The van der Waals surface area contributed by atoms with Crippen molar-refractivity contribution in [2.75, 3.05) is 30.3 Å². The van der Waals surface area contributed by atoms with E-state index < -0.39 is 5.82 Å². The van der Waals surface area contributed by atoms with E-state index in [1.54, 1.807) is 6.07 Å². The highest BCUT2D eigenvalue weighted by atomic mass is 32.2. The number of likely N-dealkylation sites (tertiary alicyclic amines) is 1. The van der Waals surface area contributed by atoms with Crippen molar-refractivity contribution >= 4 is 46.6 Å². The van der Waals surface area contributed by atoms with E-state index in [4.69, 9.17) is 0 Å². The first-order chi connectivity index (χ1) is 19.9. The van der Waals surface area contributed by atoms with Crippen LogP contribution in [0.1, 0.15) is 22.5 Å². The van der Waals surface area contributed by atoms with E-state index in [2.05, 4.69) is 30.8 Å². The highest BCUT2D eigenvalue weighted by Crippen LogP contribution is 2.28. The van der Waals surface area contributed by atoms with Gasteiger partial charge < -0.3 is 10.6 Å². The van der Waals surface area contributed by atoms with Crippen LogP contribution in [-0.2, 0) is 4.79 Å². The van der Waals surface area contributed by atoms with E-state index in [0.29, 0.717) is 47.7 Å². The molecule has 1 aliphatic heterocycles.